The van der Waals surface area contributed by atoms with Gasteiger partial charge in [0, 0.05) is 11.8 Å². The van der Waals surface area contributed by atoms with E-state index in [0.29, 0.717) is 11.4 Å². The van der Waals surface area contributed by atoms with Gasteiger partial charge in [-0.1, -0.05) is 6.92 Å². The Balaban J connectivity index is 3.15. The van der Waals surface area contributed by atoms with E-state index in [0.717, 1.165) is 5.56 Å². The number of anilines is 1. The number of aryl methyl sites for hydroxylation is 1. The van der Waals surface area contributed by atoms with Crippen LogP contribution in [-0.4, -0.2) is 29.6 Å². The molecular weight excluding hydrogens is 260 g/mol. The molecule has 110 valence electrons. The number of carboxylic acids is 1. The highest BCUT2D eigenvalue weighted by molar-refractivity contribution is 6.00. The SMILES string of the molecule is CCC(C)(NC(=O)c1cc(C)c(N)cc1OC)C(=O)O. The van der Waals surface area contributed by atoms with Gasteiger partial charge in [-0.3, -0.25) is 4.79 Å². The fourth-order valence-corrected chi connectivity index (χ4v) is 1.66. The van der Waals surface area contributed by atoms with Gasteiger partial charge in [-0.05, 0) is 31.9 Å². The second kappa shape index (κ2) is 5.81. The molecule has 0 radical (unpaired) electrons. The maximum Gasteiger partial charge on any atom is 0.329 e. The van der Waals surface area contributed by atoms with Crippen LogP contribution in [0, 0.1) is 6.92 Å². The van der Waals surface area contributed by atoms with Crippen LogP contribution in [0.1, 0.15) is 36.2 Å². The van der Waals surface area contributed by atoms with Crippen LogP contribution < -0.4 is 15.8 Å². The fourth-order valence-electron chi connectivity index (χ4n) is 1.66. The van der Waals surface area contributed by atoms with Gasteiger partial charge in [0.25, 0.3) is 5.91 Å². The van der Waals surface area contributed by atoms with Gasteiger partial charge < -0.3 is 20.9 Å². The zero-order valence-electron chi connectivity index (χ0n) is 12.1. The van der Waals surface area contributed by atoms with Crippen molar-refractivity contribution in [2.75, 3.05) is 12.8 Å². The van der Waals surface area contributed by atoms with E-state index < -0.39 is 17.4 Å². The lowest BCUT2D eigenvalue weighted by molar-refractivity contribution is -0.143. The molecule has 0 heterocycles. The average molecular weight is 280 g/mol. The third-order valence-electron chi connectivity index (χ3n) is 3.40. The maximum atomic E-state index is 12.3. The lowest BCUT2D eigenvalue weighted by Gasteiger charge is -2.25. The quantitative estimate of drug-likeness (QED) is 0.711. The van der Waals surface area contributed by atoms with Gasteiger partial charge in [0.05, 0.1) is 12.7 Å². The Morgan fingerprint density at radius 3 is 2.50 bits per heavy atom. The number of carboxylic acid groups (broad SMARTS) is 1. The van der Waals surface area contributed by atoms with Gasteiger partial charge in [-0.25, -0.2) is 4.79 Å². The predicted octanol–water partition coefficient (Wildman–Crippen LogP) is 1.57. The number of nitrogens with one attached hydrogen (secondary N) is 1. The molecule has 1 aromatic carbocycles. The Morgan fingerprint density at radius 2 is 2.05 bits per heavy atom. The van der Waals surface area contributed by atoms with Crippen molar-refractivity contribution in [1.82, 2.24) is 5.32 Å². The van der Waals surface area contributed by atoms with Gasteiger partial charge in [0.1, 0.15) is 11.3 Å². The van der Waals surface area contributed by atoms with Gasteiger partial charge >= 0.3 is 5.97 Å². The van der Waals surface area contributed by atoms with Crippen LogP contribution >= 0.6 is 0 Å². The Morgan fingerprint density at radius 1 is 1.45 bits per heavy atom. The average Bonchev–Trinajstić information content (AvgIpc) is 2.40. The Bertz CT molecular complexity index is 542. The van der Waals surface area contributed by atoms with Gasteiger partial charge in [-0.2, -0.15) is 0 Å². The molecule has 0 saturated heterocycles. The van der Waals surface area contributed by atoms with E-state index in [-0.39, 0.29) is 12.0 Å². The summed E-state index contributed by atoms with van der Waals surface area (Å²) in [5, 5.41) is 11.7. The number of carbonyl (C=O) groups is 2. The zero-order valence-corrected chi connectivity index (χ0v) is 12.1. The molecule has 4 N–H and O–H groups in total. The van der Waals surface area contributed by atoms with Crippen molar-refractivity contribution in [3.05, 3.63) is 23.3 Å². The van der Waals surface area contributed by atoms with Crippen LogP contribution in [0.2, 0.25) is 0 Å². The normalized spacial score (nSPS) is 13.4. The van der Waals surface area contributed by atoms with Crippen LogP contribution in [0.3, 0.4) is 0 Å². The number of aliphatic carboxylic acids is 1. The van der Waals surface area contributed by atoms with Crippen molar-refractivity contribution in [3.8, 4) is 5.75 Å². The molecule has 20 heavy (non-hydrogen) atoms. The molecule has 0 bridgehead atoms. The predicted molar refractivity (Wildman–Crippen MR) is 75.9 cm³/mol. The van der Waals surface area contributed by atoms with E-state index in [9.17, 15) is 14.7 Å². The molecule has 0 aromatic heterocycles. The third-order valence-corrected chi connectivity index (χ3v) is 3.40. The summed E-state index contributed by atoms with van der Waals surface area (Å²) >= 11 is 0. The topological polar surface area (TPSA) is 102 Å². The molecule has 6 nitrogen and oxygen atoms in total. The van der Waals surface area contributed by atoms with E-state index in [1.54, 1.807) is 26.0 Å². The number of nitrogen functional groups attached to an aromatic ring is 1. The second-order valence-electron chi connectivity index (χ2n) is 4.85. The first-order valence-corrected chi connectivity index (χ1v) is 6.25. The van der Waals surface area contributed by atoms with Crippen molar-refractivity contribution in [2.45, 2.75) is 32.7 Å². The van der Waals surface area contributed by atoms with Crippen molar-refractivity contribution in [2.24, 2.45) is 0 Å². The van der Waals surface area contributed by atoms with Gasteiger partial charge in [0.2, 0.25) is 0 Å². The lowest BCUT2D eigenvalue weighted by Crippen LogP contribution is -2.51. The summed E-state index contributed by atoms with van der Waals surface area (Å²) in [6, 6.07) is 3.13. The summed E-state index contributed by atoms with van der Waals surface area (Å²) in [7, 11) is 1.43. The molecule has 1 atom stereocenters. The molecule has 0 fully saturated rings. The van der Waals surface area contributed by atoms with Crippen molar-refractivity contribution in [1.29, 1.82) is 0 Å². The summed E-state index contributed by atoms with van der Waals surface area (Å²) in [5.74, 6) is -1.27. The minimum atomic E-state index is -1.32. The summed E-state index contributed by atoms with van der Waals surface area (Å²) in [6.45, 7) is 4.92. The first kappa shape index (κ1) is 15.8. The van der Waals surface area contributed by atoms with Gasteiger partial charge in [-0.15, -0.1) is 0 Å². The number of hydrogen-bond donors (Lipinski definition) is 3. The summed E-state index contributed by atoms with van der Waals surface area (Å²) in [4.78, 5) is 23.5. The maximum absolute atomic E-state index is 12.3. The first-order valence-electron chi connectivity index (χ1n) is 6.25. The molecule has 0 saturated carbocycles. The number of benzene rings is 1. The number of ether oxygens (including phenoxy) is 1. The van der Waals surface area contributed by atoms with Crippen molar-refractivity contribution < 1.29 is 19.4 Å². The van der Waals surface area contributed by atoms with E-state index in [1.807, 2.05) is 0 Å². The van der Waals surface area contributed by atoms with Crippen molar-refractivity contribution >= 4 is 17.6 Å². The Hall–Kier alpha value is -2.24. The summed E-state index contributed by atoms with van der Waals surface area (Å²) in [5.41, 5.74) is 5.94. The Labute approximate surface area is 117 Å². The molecular formula is C14H20N2O4. The highest BCUT2D eigenvalue weighted by Crippen LogP contribution is 2.25. The molecule has 1 unspecified atom stereocenters. The number of carbonyl (C=O) groups excluding carboxylic acids is 1. The summed E-state index contributed by atoms with van der Waals surface area (Å²) in [6.07, 6.45) is 0.268. The molecule has 0 spiro atoms. The highest BCUT2D eigenvalue weighted by Gasteiger charge is 2.33. The van der Waals surface area contributed by atoms with Crippen LogP contribution in [0.5, 0.6) is 5.75 Å². The van der Waals surface area contributed by atoms with E-state index >= 15 is 0 Å². The fraction of sp³-hybridized carbons (Fsp3) is 0.429. The highest BCUT2D eigenvalue weighted by atomic mass is 16.5. The first-order chi connectivity index (χ1) is 9.25. The van der Waals surface area contributed by atoms with Crippen LogP contribution in [0.4, 0.5) is 5.69 Å². The molecule has 1 rings (SSSR count). The van der Waals surface area contributed by atoms with Crippen LogP contribution in [0.15, 0.2) is 12.1 Å². The largest absolute Gasteiger partial charge is 0.496 e. The van der Waals surface area contributed by atoms with E-state index in [4.69, 9.17) is 10.5 Å². The number of nitrogens with two attached hydrogens (primary N) is 1. The molecule has 0 aliphatic carbocycles. The molecule has 0 aliphatic heterocycles. The monoisotopic (exact) mass is 280 g/mol. The van der Waals surface area contributed by atoms with Crippen molar-refractivity contribution in [3.63, 3.8) is 0 Å². The minimum absolute atomic E-state index is 0.264. The summed E-state index contributed by atoms with van der Waals surface area (Å²) < 4.78 is 5.12. The standard InChI is InChI=1S/C14H20N2O4/c1-5-14(3,13(18)19)16-12(17)9-6-8(2)10(15)7-11(9)20-4/h6-7H,5,15H2,1-4H3,(H,16,17)(H,18,19). The molecule has 1 amide bonds. The minimum Gasteiger partial charge on any atom is -0.496 e. The molecule has 1 aromatic rings. The van der Waals surface area contributed by atoms with E-state index in [2.05, 4.69) is 5.32 Å². The third kappa shape index (κ3) is 3.01. The zero-order chi connectivity index (χ0) is 15.5. The van der Waals surface area contributed by atoms with Gasteiger partial charge in [0.15, 0.2) is 0 Å². The second-order valence-corrected chi connectivity index (χ2v) is 4.85. The Kier molecular flexibility index (Phi) is 4.60. The van der Waals surface area contributed by atoms with E-state index in [1.165, 1.54) is 14.0 Å². The molecule has 6 heteroatoms. The number of amides is 1. The smallest absolute Gasteiger partial charge is 0.329 e. The van der Waals surface area contributed by atoms with Crippen LogP contribution in [0.25, 0.3) is 0 Å². The number of rotatable bonds is 5. The van der Waals surface area contributed by atoms with Crippen LogP contribution in [-0.2, 0) is 4.79 Å². The lowest BCUT2D eigenvalue weighted by atomic mass is 9.98. The number of hydrogen-bond acceptors (Lipinski definition) is 4. The molecule has 0 aliphatic rings. The number of methoxy groups -OCH3 is 1.